The zero-order valence-electron chi connectivity index (χ0n) is 15.8. The number of hydrogen-bond donors (Lipinski definition) is 2. The molecule has 1 aromatic carbocycles. The molecule has 4 heteroatoms. The van der Waals surface area contributed by atoms with Crippen molar-refractivity contribution in [3.8, 4) is 11.5 Å². The van der Waals surface area contributed by atoms with Gasteiger partial charge in [-0.3, -0.25) is 4.90 Å². The fourth-order valence-corrected chi connectivity index (χ4v) is 6.03. The summed E-state index contributed by atoms with van der Waals surface area (Å²) in [6.45, 7) is 10.6. The van der Waals surface area contributed by atoms with Crippen molar-refractivity contribution in [3.05, 3.63) is 35.4 Å². The Balaban J connectivity index is 1.67. The minimum atomic E-state index is -0.865. The van der Waals surface area contributed by atoms with Crippen LogP contribution in [0.3, 0.4) is 0 Å². The van der Waals surface area contributed by atoms with E-state index >= 15 is 0 Å². The molecule has 2 heterocycles. The molecule has 2 N–H and O–H groups in total. The number of piperidine rings is 1. The first-order chi connectivity index (χ1) is 12.4. The molecule has 0 bridgehead atoms. The molecule has 140 valence electrons. The maximum atomic E-state index is 12.2. The van der Waals surface area contributed by atoms with Crippen molar-refractivity contribution in [2.75, 3.05) is 13.1 Å². The third-order valence-corrected chi connectivity index (χ3v) is 7.67. The maximum Gasteiger partial charge on any atom is 0.166 e. The lowest BCUT2D eigenvalue weighted by Crippen LogP contribution is -2.72. The Hall–Kier alpha value is -1.52. The number of phenolic OH excluding ortho intramolecular Hbond substituents is 1. The average molecular weight is 355 g/mol. The minimum absolute atomic E-state index is 0.0729. The quantitative estimate of drug-likeness (QED) is 0.800. The number of rotatable bonds is 2. The van der Waals surface area contributed by atoms with Gasteiger partial charge in [-0.15, -0.1) is 0 Å². The molecule has 2 saturated carbocycles. The van der Waals surface area contributed by atoms with Gasteiger partial charge in [0.1, 0.15) is 6.10 Å². The van der Waals surface area contributed by atoms with Gasteiger partial charge in [-0.25, -0.2) is 0 Å². The fraction of sp³-hybridized carbons (Fsp3) is 0.636. The highest BCUT2D eigenvalue weighted by molar-refractivity contribution is 5.61. The number of aryl methyl sites for hydroxylation is 1. The van der Waals surface area contributed by atoms with Gasteiger partial charge < -0.3 is 14.9 Å². The first-order valence-corrected chi connectivity index (χ1v) is 10.0. The second-order valence-electron chi connectivity index (χ2n) is 9.02. The first-order valence-electron chi connectivity index (χ1n) is 10.0. The van der Waals surface area contributed by atoms with Gasteiger partial charge in [0, 0.05) is 18.2 Å². The van der Waals surface area contributed by atoms with Crippen molar-refractivity contribution in [1.82, 2.24) is 4.90 Å². The Morgan fingerprint density at radius 3 is 2.81 bits per heavy atom. The fourth-order valence-electron chi connectivity index (χ4n) is 6.03. The third kappa shape index (κ3) is 1.92. The number of aliphatic hydroxyl groups is 1. The van der Waals surface area contributed by atoms with Crippen molar-refractivity contribution in [2.24, 2.45) is 5.92 Å². The first kappa shape index (κ1) is 16.6. The lowest BCUT2D eigenvalue weighted by molar-refractivity contribution is -0.164. The van der Waals surface area contributed by atoms with Crippen LogP contribution in [-0.4, -0.2) is 45.9 Å². The van der Waals surface area contributed by atoms with E-state index in [0.29, 0.717) is 12.2 Å². The van der Waals surface area contributed by atoms with E-state index in [1.165, 1.54) is 12.8 Å². The van der Waals surface area contributed by atoms with Crippen LogP contribution in [0.4, 0.5) is 0 Å². The minimum Gasteiger partial charge on any atom is -0.504 e. The average Bonchev–Trinajstić information content (AvgIpc) is 3.35. The highest BCUT2D eigenvalue weighted by atomic mass is 16.5. The van der Waals surface area contributed by atoms with Crippen LogP contribution in [0.15, 0.2) is 24.3 Å². The molecule has 1 saturated heterocycles. The topological polar surface area (TPSA) is 52.9 Å². The largest absolute Gasteiger partial charge is 0.504 e. The lowest BCUT2D eigenvalue weighted by atomic mass is 9.52. The van der Waals surface area contributed by atoms with E-state index < -0.39 is 11.0 Å². The summed E-state index contributed by atoms with van der Waals surface area (Å²) in [6.07, 6.45) is 4.74. The number of phenols is 1. The number of benzene rings is 1. The van der Waals surface area contributed by atoms with E-state index in [2.05, 4.69) is 25.3 Å². The summed E-state index contributed by atoms with van der Waals surface area (Å²) in [4.78, 5) is 2.49. The van der Waals surface area contributed by atoms with E-state index in [1.807, 2.05) is 6.07 Å². The lowest BCUT2D eigenvalue weighted by Gasteiger charge is -2.60. The number of likely N-dealkylation sites (tertiary alicyclic amines) is 1. The van der Waals surface area contributed by atoms with Gasteiger partial charge in [0.25, 0.3) is 0 Å². The molecule has 0 radical (unpaired) electrons. The molecule has 5 rings (SSSR count). The van der Waals surface area contributed by atoms with Crippen LogP contribution in [-0.2, 0) is 5.41 Å². The molecule has 2 aliphatic carbocycles. The zero-order valence-corrected chi connectivity index (χ0v) is 15.8. The number of hydrogen-bond acceptors (Lipinski definition) is 4. The van der Waals surface area contributed by atoms with Gasteiger partial charge in [-0.1, -0.05) is 12.6 Å². The molecule has 0 amide bonds. The van der Waals surface area contributed by atoms with Gasteiger partial charge in [0.2, 0.25) is 0 Å². The number of aromatic hydroxyl groups is 1. The van der Waals surface area contributed by atoms with Gasteiger partial charge in [0.15, 0.2) is 11.5 Å². The van der Waals surface area contributed by atoms with Crippen molar-refractivity contribution < 1.29 is 14.9 Å². The standard InChI is InChI=1S/C22H29NO3/c1-13-4-7-17(24)19-18(13)21-10-11-23(12-16-5-6-16)15(3)22(21,25)9-8-14(2)20(21)26-19/h4,7,15-16,20,24-25H,2,5-6,8-12H2,1,3H3/t15-,20+,21+,22-/m0/s1. The van der Waals surface area contributed by atoms with Crippen molar-refractivity contribution >= 4 is 0 Å². The number of ether oxygens (including phenoxy) is 1. The van der Waals surface area contributed by atoms with Crippen molar-refractivity contribution in [3.63, 3.8) is 0 Å². The summed E-state index contributed by atoms with van der Waals surface area (Å²) >= 11 is 0. The normalized spacial score (nSPS) is 39.1. The van der Waals surface area contributed by atoms with Crippen LogP contribution >= 0.6 is 0 Å². The summed E-state index contributed by atoms with van der Waals surface area (Å²) in [5.41, 5.74) is 1.79. The van der Waals surface area contributed by atoms with Crippen LogP contribution in [0.5, 0.6) is 11.5 Å². The molecule has 1 spiro atoms. The maximum absolute atomic E-state index is 12.2. The molecule has 0 aromatic heterocycles. The van der Waals surface area contributed by atoms with Gasteiger partial charge in [-0.2, -0.15) is 0 Å². The van der Waals surface area contributed by atoms with Crippen LogP contribution in [0.25, 0.3) is 0 Å². The predicted molar refractivity (Wildman–Crippen MR) is 101 cm³/mol. The third-order valence-electron chi connectivity index (χ3n) is 7.67. The van der Waals surface area contributed by atoms with E-state index in [1.54, 1.807) is 6.07 Å². The van der Waals surface area contributed by atoms with Crippen molar-refractivity contribution in [1.29, 1.82) is 0 Å². The molecule has 4 aliphatic rings. The molecular weight excluding hydrogens is 326 g/mol. The summed E-state index contributed by atoms with van der Waals surface area (Å²) in [7, 11) is 0. The summed E-state index contributed by atoms with van der Waals surface area (Å²) in [6, 6.07) is 3.73. The van der Waals surface area contributed by atoms with E-state index in [-0.39, 0.29) is 17.9 Å². The van der Waals surface area contributed by atoms with Crippen LogP contribution in [0.1, 0.15) is 50.2 Å². The van der Waals surface area contributed by atoms with E-state index in [4.69, 9.17) is 4.74 Å². The van der Waals surface area contributed by atoms with Gasteiger partial charge in [0.05, 0.1) is 11.0 Å². The second-order valence-corrected chi connectivity index (χ2v) is 9.02. The van der Waals surface area contributed by atoms with Crippen LogP contribution in [0.2, 0.25) is 0 Å². The van der Waals surface area contributed by atoms with Crippen LogP contribution < -0.4 is 4.74 Å². The molecular formula is C22H29NO3. The Morgan fingerprint density at radius 2 is 2.08 bits per heavy atom. The van der Waals surface area contributed by atoms with Gasteiger partial charge >= 0.3 is 0 Å². The summed E-state index contributed by atoms with van der Waals surface area (Å²) in [5.74, 6) is 1.55. The highest BCUT2D eigenvalue weighted by Gasteiger charge is 2.69. The molecule has 26 heavy (non-hydrogen) atoms. The smallest absolute Gasteiger partial charge is 0.166 e. The Bertz CT molecular complexity index is 786. The van der Waals surface area contributed by atoms with Gasteiger partial charge in [-0.05, 0) is 75.6 Å². The Labute approximate surface area is 155 Å². The molecule has 1 aromatic rings. The number of nitrogens with zero attached hydrogens (tertiary/aromatic N) is 1. The SMILES string of the molecule is C=C1CC[C@]2(O)[C@H](C)N(CC3CC3)CC[C@]23c2c(C)ccc(O)c2O[C@H]13. The summed E-state index contributed by atoms with van der Waals surface area (Å²) in [5, 5.41) is 22.6. The summed E-state index contributed by atoms with van der Waals surface area (Å²) < 4.78 is 6.31. The molecule has 4 atom stereocenters. The van der Waals surface area contributed by atoms with Crippen molar-refractivity contribution in [2.45, 2.75) is 69.1 Å². The Kier molecular flexibility index (Phi) is 3.37. The van der Waals surface area contributed by atoms with E-state index in [0.717, 1.165) is 48.5 Å². The highest BCUT2D eigenvalue weighted by Crippen LogP contribution is 2.63. The monoisotopic (exact) mass is 355 g/mol. The zero-order chi connectivity index (χ0) is 18.3. The molecule has 3 fully saturated rings. The van der Waals surface area contributed by atoms with E-state index in [9.17, 15) is 10.2 Å². The van der Waals surface area contributed by atoms with Crippen LogP contribution in [0, 0.1) is 12.8 Å². The molecule has 4 nitrogen and oxygen atoms in total. The molecule has 0 unspecified atom stereocenters. The number of fused-ring (bicyclic) bond motifs is 1. The predicted octanol–water partition coefficient (Wildman–Crippen LogP) is 3.28. The second kappa shape index (κ2) is 5.26. The molecule has 2 aliphatic heterocycles. The Morgan fingerprint density at radius 1 is 1.31 bits per heavy atom.